The Kier molecular flexibility index (Phi) is 12.8. The number of nitrogens with zero attached hydrogens (tertiary/aromatic N) is 1. The lowest BCUT2D eigenvalue weighted by Gasteiger charge is -2.23. The Hall–Kier alpha value is -4.91. The number of rotatable bonds is 17. The van der Waals surface area contributed by atoms with Gasteiger partial charge in [-0.1, -0.05) is 99.0 Å². The number of carbonyl (C=O) groups excluding carboxylic acids is 3. The number of esters is 1. The second-order valence-electron chi connectivity index (χ2n) is 10.8. The van der Waals surface area contributed by atoms with Crippen LogP contribution >= 0.6 is 0 Å². The van der Waals surface area contributed by atoms with Gasteiger partial charge in [-0.2, -0.15) is 0 Å². The normalized spacial score (nSPS) is 11.3. The monoisotopic (exact) mass is 606 g/mol. The van der Waals surface area contributed by atoms with Crippen molar-refractivity contribution in [3.8, 4) is 5.75 Å². The van der Waals surface area contributed by atoms with Crippen LogP contribution in [0.1, 0.15) is 60.5 Å². The van der Waals surface area contributed by atoms with Crippen LogP contribution in [0.5, 0.6) is 5.75 Å². The van der Waals surface area contributed by atoms with Gasteiger partial charge >= 0.3 is 5.97 Å². The smallest absolute Gasteiger partial charge is 0.328 e. The summed E-state index contributed by atoms with van der Waals surface area (Å²) in [6.45, 7) is 2.94. The van der Waals surface area contributed by atoms with E-state index in [1.165, 1.54) is 7.11 Å². The van der Waals surface area contributed by atoms with Crippen LogP contribution in [0.2, 0.25) is 0 Å². The molecule has 4 aromatic carbocycles. The van der Waals surface area contributed by atoms with Crippen molar-refractivity contribution in [2.75, 3.05) is 30.5 Å². The highest BCUT2D eigenvalue weighted by molar-refractivity contribution is 6.12. The molecule has 1 atom stereocenters. The summed E-state index contributed by atoms with van der Waals surface area (Å²) in [7, 11) is 1.35. The second kappa shape index (κ2) is 17.4. The zero-order valence-electron chi connectivity index (χ0n) is 26.1. The molecule has 0 saturated heterocycles. The van der Waals surface area contributed by atoms with Gasteiger partial charge in [0.2, 0.25) is 5.91 Å². The zero-order chi connectivity index (χ0) is 31.9. The van der Waals surface area contributed by atoms with E-state index in [0.717, 1.165) is 36.9 Å². The Bertz CT molecular complexity index is 1510. The van der Waals surface area contributed by atoms with Gasteiger partial charge in [-0.05, 0) is 48.4 Å². The highest BCUT2D eigenvalue weighted by Crippen LogP contribution is 2.23. The fourth-order valence-electron chi connectivity index (χ4n) is 5.13. The molecule has 4 rings (SSSR count). The number of unbranched alkanes of at least 4 members (excludes halogenated alkanes) is 3. The number of hydrogen-bond donors (Lipinski definition) is 1. The molecule has 0 aliphatic rings. The Balaban J connectivity index is 1.38. The van der Waals surface area contributed by atoms with Crippen LogP contribution in [-0.4, -0.2) is 44.0 Å². The van der Waals surface area contributed by atoms with Gasteiger partial charge in [0.1, 0.15) is 18.4 Å². The molecule has 0 spiro atoms. The van der Waals surface area contributed by atoms with Crippen LogP contribution in [0, 0.1) is 0 Å². The third-order valence-corrected chi connectivity index (χ3v) is 7.58. The van der Waals surface area contributed by atoms with Crippen molar-refractivity contribution in [2.45, 2.75) is 51.5 Å². The fraction of sp³-hybridized carbons (Fsp3) is 0.289. The molecule has 0 aliphatic carbocycles. The molecule has 7 heteroatoms. The third kappa shape index (κ3) is 9.80. The van der Waals surface area contributed by atoms with Crippen molar-refractivity contribution in [3.63, 3.8) is 0 Å². The summed E-state index contributed by atoms with van der Waals surface area (Å²) in [5, 5.41) is 3.24. The Morgan fingerprint density at radius 1 is 0.778 bits per heavy atom. The molecule has 0 radical (unpaired) electrons. The zero-order valence-corrected chi connectivity index (χ0v) is 26.1. The number of nitrogens with one attached hydrogen (secondary N) is 1. The minimum absolute atomic E-state index is 0.102. The minimum atomic E-state index is -0.714. The van der Waals surface area contributed by atoms with Crippen molar-refractivity contribution in [1.29, 1.82) is 0 Å². The summed E-state index contributed by atoms with van der Waals surface area (Å²) < 4.78 is 11.1. The molecular weight excluding hydrogens is 564 g/mol. The first-order chi connectivity index (χ1) is 22.0. The van der Waals surface area contributed by atoms with Crippen molar-refractivity contribution >= 4 is 29.0 Å². The van der Waals surface area contributed by atoms with E-state index in [2.05, 4.69) is 12.2 Å². The molecule has 0 aromatic heterocycles. The number of carbonyl (C=O) groups is 3. The quantitative estimate of drug-likeness (QED) is 0.0761. The van der Waals surface area contributed by atoms with Crippen molar-refractivity contribution in [1.82, 2.24) is 0 Å². The summed E-state index contributed by atoms with van der Waals surface area (Å²) in [6, 6.07) is 32.7. The minimum Gasteiger partial charge on any atom is -0.492 e. The van der Waals surface area contributed by atoms with Gasteiger partial charge in [0, 0.05) is 35.3 Å². The molecule has 0 fully saturated rings. The lowest BCUT2D eigenvalue weighted by molar-refractivity contribution is -0.141. The van der Waals surface area contributed by atoms with Crippen LogP contribution in [0.3, 0.4) is 0 Å². The lowest BCUT2D eigenvalue weighted by atomic mass is 10.00. The molecule has 7 nitrogen and oxygen atoms in total. The molecule has 234 valence electrons. The SMILES string of the molecule is CCCCCCC(=O)N(CCOc1ccc(C[C@H](Nc2ccccc2C(=O)c2ccccc2)C(=O)OC)cc1)c1ccccc1. The standard InChI is InChI=1S/C38H42N2O5/c1-3-4-5-12-21-36(41)40(31-17-10-7-11-18-31)26-27-45-32-24-22-29(23-25-32)28-35(38(43)44-2)39-34-20-14-13-19-33(34)37(42)30-15-8-6-9-16-30/h6-11,13-20,22-25,35,39H,3-5,12,21,26-28H2,1-2H3/t35-/m0/s1. The maximum absolute atomic E-state index is 13.2. The molecule has 0 saturated carbocycles. The van der Waals surface area contributed by atoms with Crippen LogP contribution in [0.25, 0.3) is 0 Å². The second-order valence-corrected chi connectivity index (χ2v) is 10.8. The van der Waals surface area contributed by atoms with Gasteiger partial charge in [-0.15, -0.1) is 0 Å². The Morgan fingerprint density at radius 3 is 2.13 bits per heavy atom. The van der Waals surface area contributed by atoms with Gasteiger partial charge in [-0.3, -0.25) is 9.59 Å². The molecular formula is C38H42N2O5. The van der Waals surface area contributed by atoms with E-state index in [1.54, 1.807) is 35.2 Å². The number of ketones is 1. The first-order valence-electron chi connectivity index (χ1n) is 15.6. The van der Waals surface area contributed by atoms with Crippen LogP contribution in [0.4, 0.5) is 11.4 Å². The predicted octanol–water partition coefficient (Wildman–Crippen LogP) is 7.50. The van der Waals surface area contributed by atoms with Gasteiger partial charge in [0.25, 0.3) is 0 Å². The van der Waals surface area contributed by atoms with Crippen LogP contribution in [0.15, 0.2) is 109 Å². The molecule has 0 heterocycles. The van der Waals surface area contributed by atoms with E-state index >= 15 is 0 Å². The fourth-order valence-corrected chi connectivity index (χ4v) is 5.13. The summed E-state index contributed by atoms with van der Waals surface area (Å²) >= 11 is 0. The number of para-hydroxylation sites is 2. The predicted molar refractivity (Wildman–Crippen MR) is 179 cm³/mol. The lowest BCUT2D eigenvalue weighted by Crippen LogP contribution is -2.34. The number of amides is 1. The van der Waals surface area contributed by atoms with Gasteiger partial charge < -0.3 is 19.7 Å². The molecule has 1 amide bonds. The summed E-state index contributed by atoms with van der Waals surface area (Å²) in [4.78, 5) is 40.8. The summed E-state index contributed by atoms with van der Waals surface area (Å²) in [6.07, 6.45) is 5.06. The molecule has 0 unspecified atom stereocenters. The number of methoxy groups -OCH3 is 1. The van der Waals surface area contributed by atoms with Gasteiger partial charge in [0.05, 0.1) is 13.7 Å². The van der Waals surface area contributed by atoms with Crippen molar-refractivity contribution in [2.24, 2.45) is 0 Å². The number of benzene rings is 4. The van der Waals surface area contributed by atoms with E-state index in [9.17, 15) is 14.4 Å². The maximum Gasteiger partial charge on any atom is 0.328 e. The van der Waals surface area contributed by atoms with E-state index in [1.807, 2.05) is 78.9 Å². The van der Waals surface area contributed by atoms with Crippen LogP contribution < -0.4 is 15.0 Å². The first-order valence-corrected chi connectivity index (χ1v) is 15.6. The highest BCUT2D eigenvalue weighted by Gasteiger charge is 2.23. The average molecular weight is 607 g/mol. The number of hydrogen-bond acceptors (Lipinski definition) is 6. The topological polar surface area (TPSA) is 84.9 Å². The Labute approximate surface area is 266 Å². The van der Waals surface area contributed by atoms with E-state index in [0.29, 0.717) is 48.6 Å². The van der Waals surface area contributed by atoms with Crippen LogP contribution in [-0.2, 0) is 20.7 Å². The van der Waals surface area contributed by atoms with E-state index in [-0.39, 0.29) is 11.7 Å². The van der Waals surface area contributed by atoms with E-state index in [4.69, 9.17) is 9.47 Å². The van der Waals surface area contributed by atoms with Gasteiger partial charge in [-0.25, -0.2) is 4.79 Å². The number of anilines is 2. The highest BCUT2D eigenvalue weighted by atomic mass is 16.5. The first kappa shape index (κ1) is 33.0. The largest absolute Gasteiger partial charge is 0.492 e. The molecule has 45 heavy (non-hydrogen) atoms. The van der Waals surface area contributed by atoms with Crippen molar-refractivity contribution in [3.05, 3.63) is 126 Å². The Morgan fingerprint density at radius 2 is 1.44 bits per heavy atom. The molecule has 1 N–H and O–H groups in total. The van der Waals surface area contributed by atoms with Gasteiger partial charge in [0.15, 0.2) is 5.78 Å². The summed E-state index contributed by atoms with van der Waals surface area (Å²) in [5.74, 6) is 0.207. The number of ether oxygens (including phenoxy) is 2. The van der Waals surface area contributed by atoms with Crippen molar-refractivity contribution < 1.29 is 23.9 Å². The maximum atomic E-state index is 13.2. The molecule has 4 aromatic rings. The third-order valence-electron chi connectivity index (χ3n) is 7.58. The summed E-state index contributed by atoms with van der Waals surface area (Å²) in [5.41, 5.74) is 3.37. The molecule has 0 aliphatic heterocycles. The molecule has 0 bridgehead atoms. The van der Waals surface area contributed by atoms with E-state index < -0.39 is 12.0 Å². The average Bonchev–Trinajstić information content (AvgIpc) is 3.09.